The van der Waals surface area contributed by atoms with Crippen molar-refractivity contribution in [3.63, 3.8) is 0 Å². The molecule has 2 aromatic rings. The van der Waals surface area contributed by atoms with E-state index in [4.69, 9.17) is 0 Å². The van der Waals surface area contributed by atoms with E-state index in [2.05, 4.69) is 15.3 Å². The van der Waals surface area contributed by atoms with Crippen LogP contribution < -0.4 is 0 Å². The predicted octanol–water partition coefficient (Wildman–Crippen LogP) is 2.85. The molecule has 0 saturated carbocycles. The summed E-state index contributed by atoms with van der Waals surface area (Å²) in [5.74, 6) is -0.220. The first-order chi connectivity index (χ1) is 10.2. The fourth-order valence-electron chi connectivity index (χ4n) is 2.95. The molecule has 0 unspecified atom stereocenters. The fourth-order valence-corrected chi connectivity index (χ4v) is 3.50. The molecular formula is C16H19FN2OS. The Bertz CT molecular complexity index is 558. The number of hydrogen-bond donors (Lipinski definition) is 1. The van der Waals surface area contributed by atoms with E-state index in [1.165, 1.54) is 12.1 Å². The van der Waals surface area contributed by atoms with Crippen LogP contribution in [-0.4, -0.2) is 33.7 Å². The van der Waals surface area contributed by atoms with Crippen molar-refractivity contribution in [1.29, 1.82) is 0 Å². The number of aliphatic hydroxyl groups is 1. The van der Waals surface area contributed by atoms with Gasteiger partial charge in [0.05, 0.1) is 17.3 Å². The van der Waals surface area contributed by atoms with Crippen LogP contribution in [0.4, 0.5) is 4.39 Å². The van der Waals surface area contributed by atoms with Crippen LogP contribution in [-0.2, 0) is 13.0 Å². The van der Waals surface area contributed by atoms with Crippen LogP contribution in [0.15, 0.2) is 35.2 Å². The zero-order valence-electron chi connectivity index (χ0n) is 11.8. The van der Waals surface area contributed by atoms with Gasteiger partial charge in [-0.3, -0.25) is 4.90 Å². The number of hydrogen-bond acceptors (Lipinski definition) is 4. The molecule has 3 rings (SSSR count). The lowest BCUT2D eigenvalue weighted by Crippen LogP contribution is -2.48. The van der Waals surface area contributed by atoms with Crippen molar-refractivity contribution in [2.45, 2.75) is 38.0 Å². The summed E-state index contributed by atoms with van der Waals surface area (Å²) < 4.78 is 13.0. The standard InChI is InChI=1S/C16H19FN2OS/c17-13-5-3-12(4-6-13)8-15-16(20)2-1-7-19(15)9-14-10-21-11-18-14/h3-6,10-11,15-16,20H,1-2,7-9H2/t15-,16-/m0/s1. The smallest absolute Gasteiger partial charge is 0.123 e. The minimum Gasteiger partial charge on any atom is -0.391 e. The summed E-state index contributed by atoms with van der Waals surface area (Å²) in [6.07, 6.45) is 2.25. The maximum atomic E-state index is 13.0. The van der Waals surface area contributed by atoms with Gasteiger partial charge in [-0.05, 0) is 43.5 Å². The van der Waals surface area contributed by atoms with Crippen LogP contribution in [0, 0.1) is 5.82 Å². The zero-order chi connectivity index (χ0) is 14.7. The van der Waals surface area contributed by atoms with Crippen molar-refractivity contribution in [3.8, 4) is 0 Å². The predicted molar refractivity (Wildman–Crippen MR) is 81.7 cm³/mol. The lowest BCUT2D eigenvalue weighted by atomic mass is 9.93. The highest BCUT2D eigenvalue weighted by Gasteiger charge is 2.30. The molecule has 1 aromatic carbocycles. The second-order valence-electron chi connectivity index (χ2n) is 5.56. The summed E-state index contributed by atoms with van der Waals surface area (Å²) in [6.45, 7) is 1.74. The van der Waals surface area contributed by atoms with Gasteiger partial charge in [0.15, 0.2) is 0 Å². The molecule has 3 nitrogen and oxygen atoms in total. The van der Waals surface area contributed by atoms with E-state index < -0.39 is 0 Å². The van der Waals surface area contributed by atoms with Crippen molar-refractivity contribution >= 4 is 11.3 Å². The molecule has 2 heterocycles. The number of rotatable bonds is 4. The Balaban J connectivity index is 1.73. The van der Waals surface area contributed by atoms with Crippen molar-refractivity contribution in [3.05, 3.63) is 52.2 Å². The molecule has 1 N–H and O–H groups in total. The van der Waals surface area contributed by atoms with Gasteiger partial charge in [-0.2, -0.15) is 0 Å². The van der Waals surface area contributed by atoms with Gasteiger partial charge in [0.1, 0.15) is 5.82 Å². The Morgan fingerprint density at radius 1 is 1.33 bits per heavy atom. The van der Waals surface area contributed by atoms with Gasteiger partial charge in [-0.25, -0.2) is 9.37 Å². The molecular weight excluding hydrogens is 287 g/mol. The molecule has 0 aliphatic carbocycles. The minimum absolute atomic E-state index is 0.0749. The summed E-state index contributed by atoms with van der Waals surface area (Å²) in [5.41, 5.74) is 3.95. The summed E-state index contributed by atoms with van der Waals surface area (Å²) in [6, 6.07) is 6.64. The Morgan fingerprint density at radius 2 is 2.14 bits per heavy atom. The molecule has 0 amide bonds. The highest BCUT2D eigenvalue weighted by molar-refractivity contribution is 7.07. The first-order valence-electron chi connectivity index (χ1n) is 7.26. The Morgan fingerprint density at radius 3 is 2.86 bits per heavy atom. The lowest BCUT2D eigenvalue weighted by Gasteiger charge is -2.39. The topological polar surface area (TPSA) is 36.4 Å². The second-order valence-corrected chi connectivity index (χ2v) is 6.28. The van der Waals surface area contributed by atoms with Crippen LogP contribution in [0.1, 0.15) is 24.1 Å². The maximum absolute atomic E-state index is 13.0. The van der Waals surface area contributed by atoms with Gasteiger partial charge < -0.3 is 5.11 Å². The first kappa shape index (κ1) is 14.6. The molecule has 1 aliphatic heterocycles. The first-order valence-corrected chi connectivity index (χ1v) is 8.20. The minimum atomic E-state index is -0.331. The van der Waals surface area contributed by atoms with E-state index >= 15 is 0 Å². The molecule has 1 aromatic heterocycles. The molecule has 0 bridgehead atoms. The van der Waals surface area contributed by atoms with Crippen LogP contribution in [0.3, 0.4) is 0 Å². The monoisotopic (exact) mass is 306 g/mol. The number of benzene rings is 1. The molecule has 5 heteroatoms. The molecule has 0 spiro atoms. The third kappa shape index (κ3) is 3.67. The van der Waals surface area contributed by atoms with Crippen molar-refractivity contribution in [2.24, 2.45) is 0 Å². The van der Waals surface area contributed by atoms with Crippen LogP contribution in [0.5, 0.6) is 0 Å². The van der Waals surface area contributed by atoms with Crippen molar-refractivity contribution < 1.29 is 9.50 Å². The van der Waals surface area contributed by atoms with E-state index in [0.29, 0.717) is 0 Å². The van der Waals surface area contributed by atoms with E-state index in [1.807, 2.05) is 5.51 Å². The lowest BCUT2D eigenvalue weighted by molar-refractivity contribution is 0.00622. The van der Waals surface area contributed by atoms with E-state index in [1.54, 1.807) is 23.5 Å². The summed E-state index contributed by atoms with van der Waals surface area (Å²) >= 11 is 1.59. The average molecular weight is 306 g/mol. The fraction of sp³-hybridized carbons (Fsp3) is 0.438. The molecule has 0 radical (unpaired) electrons. The molecule has 1 saturated heterocycles. The number of likely N-dealkylation sites (tertiary alicyclic amines) is 1. The number of nitrogens with zero attached hydrogens (tertiary/aromatic N) is 2. The van der Waals surface area contributed by atoms with Gasteiger partial charge in [0.2, 0.25) is 0 Å². The SMILES string of the molecule is O[C@H]1CCCN(Cc2cscn2)[C@H]1Cc1ccc(F)cc1. The Hall–Kier alpha value is -1.30. The normalized spacial score (nSPS) is 23.3. The third-order valence-electron chi connectivity index (χ3n) is 4.07. The maximum Gasteiger partial charge on any atom is 0.123 e. The molecule has 2 atom stereocenters. The molecule has 21 heavy (non-hydrogen) atoms. The third-order valence-corrected chi connectivity index (χ3v) is 4.70. The van der Waals surface area contributed by atoms with Gasteiger partial charge in [0.25, 0.3) is 0 Å². The van der Waals surface area contributed by atoms with E-state index in [9.17, 15) is 9.50 Å². The van der Waals surface area contributed by atoms with E-state index in [-0.39, 0.29) is 18.0 Å². The number of aliphatic hydroxyl groups excluding tert-OH is 1. The molecule has 1 aliphatic rings. The zero-order valence-corrected chi connectivity index (χ0v) is 12.6. The van der Waals surface area contributed by atoms with Gasteiger partial charge in [-0.1, -0.05) is 12.1 Å². The summed E-state index contributed by atoms with van der Waals surface area (Å²) in [7, 11) is 0. The highest BCUT2D eigenvalue weighted by Crippen LogP contribution is 2.23. The van der Waals surface area contributed by atoms with Crippen LogP contribution >= 0.6 is 11.3 Å². The van der Waals surface area contributed by atoms with Crippen LogP contribution in [0.2, 0.25) is 0 Å². The molecule has 112 valence electrons. The average Bonchev–Trinajstić information content (AvgIpc) is 2.98. The Labute approximate surface area is 128 Å². The highest BCUT2D eigenvalue weighted by atomic mass is 32.1. The number of piperidine rings is 1. The summed E-state index contributed by atoms with van der Waals surface area (Å²) in [4.78, 5) is 6.63. The van der Waals surface area contributed by atoms with Gasteiger partial charge >= 0.3 is 0 Å². The van der Waals surface area contributed by atoms with Crippen molar-refractivity contribution in [1.82, 2.24) is 9.88 Å². The largest absolute Gasteiger partial charge is 0.391 e. The van der Waals surface area contributed by atoms with Crippen molar-refractivity contribution in [2.75, 3.05) is 6.54 Å². The molecule has 1 fully saturated rings. The summed E-state index contributed by atoms with van der Waals surface area (Å²) in [5, 5.41) is 12.4. The number of halogens is 1. The number of aromatic nitrogens is 1. The quantitative estimate of drug-likeness (QED) is 0.943. The van der Waals surface area contributed by atoms with Gasteiger partial charge in [0, 0.05) is 18.0 Å². The second kappa shape index (κ2) is 6.64. The number of thiazole rings is 1. The van der Waals surface area contributed by atoms with Crippen LogP contribution in [0.25, 0.3) is 0 Å². The van der Waals surface area contributed by atoms with E-state index in [0.717, 1.165) is 43.6 Å². The van der Waals surface area contributed by atoms with Gasteiger partial charge in [-0.15, -0.1) is 11.3 Å². The Kier molecular flexibility index (Phi) is 4.63.